The summed E-state index contributed by atoms with van der Waals surface area (Å²) in [6.45, 7) is 8.21. The fourth-order valence-corrected chi connectivity index (χ4v) is 3.47. The molecule has 2 aromatic rings. The number of amides is 1. The summed E-state index contributed by atoms with van der Waals surface area (Å²) >= 11 is 5.96. The maximum Gasteiger partial charge on any atom is 0.237 e. The van der Waals surface area contributed by atoms with Crippen molar-refractivity contribution in [3.63, 3.8) is 0 Å². The highest BCUT2D eigenvalue weighted by atomic mass is 35.5. The van der Waals surface area contributed by atoms with Crippen LogP contribution in [0.1, 0.15) is 18.1 Å². The third-order valence-corrected chi connectivity index (χ3v) is 5.23. The highest BCUT2D eigenvalue weighted by Crippen LogP contribution is 2.20. The van der Waals surface area contributed by atoms with E-state index in [1.807, 2.05) is 31.2 Å². The second-order valence-corrected chi connectivity index (χ2v) is 7.32. The molecule has 2 aromatic carbocycles. The quantitative estimate of drug-likeness (QED) is 0.874. The zero-order chi connectivity index (χ0) is 18.5. The van der Waals surface area contributed by atoms with E-state index in [1.54, 1.807) is 0 Å². The Labute approximate surface area is 160 Å². The zero-order valence-corrected chi connectivity index (χ0v) is 16.2. The molecule has 1 amide bonds. The molecule has 0 bridgehead atoms. The van der Waals surface area contributed by atoms with E-state index < -0.39 is 0 Å². The number of carbonyl (C=O) groups excluding carboxylic acids is 1. The largest absolute Gasteiger partial charge is 0.369 e. The lowest BCUT2D eigenvalue weighted by Crippen LogP contribution is -2.53. The van der Waals surface area contributed by atoms with Crippen molar-refractivity contribution in [3.05, 3.63) is 64.7 Å². The Hall–Kier alpha value is -2.04. The van der Waals surface area contributed by atoms with Crippen LogP contribution in [0.15, 0.2) is 48.5 Å². The first-order valence-corrected chi connectivity index (χ1v) is 9.48. The van der Waals surface area contributed by atoms with Crippen molar-refractivity contribution < 1.29 is 4.79 Å². The number of hydrogen-bond acceptors (Lipinski definition) is 3. The average Bonchev–Trinajstić information content (AvgIpc) is 2.66. The lowest BCUT2D eigenvalue weighted by molar-refractivity contribution is -0.126. The molecular formula is C21H26ClN3O. The maximum atomic E-state index is 12.5. The lowest BCUT2D eigenvalue weighted by Gasteiger charge is -2.38. The Bertz CT molecular complexity index is 739. The van der Waals surface area contributed by atoms with Gasteiger partial charge in [0.1, 0.15) is 0 Å². The lowest BCUT2D eigenvalue weighted by atomic mass is 10.1. The van der Waals surface area contributed by atoms with Crippen LogP contribution in [0.25, 0.3) is 0 Å². The molecule has 5 heteroatoms. The minimum Gasteiger partial charge on any atom is -0.369 e. The molecular weight excluding hydrogens is 346 g/mol. The molecule has 0 unspecified atom stereocenters. The minimum absolute atomic E-state index is 0.0893. The molecule has 0 spiro atoms. The maximum absolute atomic E-state index is 12.5. The first kappa shape index (κ1) is 18.7. The van der Waals surface area contributed by atoms with Gasteiger partial charge in [0, 0.05) is 43.4 Å². The van der Waals surface area contributed by atoms with Crippen molar-refractivity contribution in [2.24, 2.45) is 0 Å². The van der Waals surface area contributed by atoms with Crippen LogP contribution in [-0.4, -0.2) is 43.0 Å². The number of nitrogens with zero attached hydrogens (tertiary/aromatic N) is 2. The van der Waals surface area contributed by atoms with E-state index in [1.165, 1.54) is 11.3 Å². The number of benzene rings is 2. The van der Waals surface area contributed by atoms with Crippen molar-refractivity contribution >= 4 is 23.2 Å². The van der Waals surface area contributed by atoms with E-state index in [4.69, 9.17) is 11.6 Å². The third kappa shape index (κ3) is 4.77. The van der Waals surface area contributed by atoms with Gasteiger partial charge in [-0.05, 0) is 43.7 Å². The predicted molar refractivity (Wildman–Crippen MR) is 108 cm³/mol. The van der Waals surface area contributed by atoms with Crippen molar-refractivity contribution in [2.45, 2.75) is 26.4 Å². The van der Waals surface area contributed by atoms with E-state index in [2.05, 4.69) is 46.3 Å². The van der Waals surface area contributed by atoms with Crippen LogP contribution in [0.4, 0.5) is 5.69 Å². The van der Waals surface area contributed by atoms with E-state index in [9.17, 15) is 4.79 Å². The molecule has 1 atom stereocenters. The molecule has 1 aliphatic heterocycles. The first-order chi connectivity index (χ1) is 12.5. The van der Waals surface area contributed by atoms with Crippen molar-refractivity contribution in [1.82, 2.24) is 10.2 Å². The first-order valence-electron chi connectivity index (χ1n) is 9.11. The topological polar surface area (TPSA) is 35.6 Å². The Morgan fingerprint density at radius 1 is 1.12 bits per heavy atom. The van der Waals surface area contributed by atoms with Gasteiger partial charge in [0.2, 0.25) is 5.91 Å². The van der Waals surface area contributed by atoms with E-state index in [0.29, 0.717) is 6.54 Å². The fraction of sp³-hybridized carbons (Fsp3) is 0.381. The summed E-state index contributed by atoms with van der Waals surface area (Å²) in [5.41, 5.74) is 3.53. The number of nitrogens with one attached hydrogen (secondary N) is 1. The van der Waals surface area contributed by atoms with Gasteiger partial charge in [-0.2, -0.15) is 0 Å². The second-order valence-electron chi connectivity index (χ2n) is 6.88. The van der Waals surface area contributed by atoms with Crippen LogP contribution in [0, 0.1) is 6.92 Å². The molecule has 4 nitrogen and oxygen atoms in total. The molecule has 0 saturated carbocycles. The molecule has 1 fully saturated rings. The van der Waals surface area contributed by atoms with E-state index in [0.717, 1.165) is 36.8 Å². The summed E-state index contributed by atoms with van der Waals surface area (Å²) in [5.74, 6) is 0.0893. The summed E-state index contributed by atoms with van der Waals surface area (Å²) in [4.78, 5) is 17.1. The molecule has 1 saturated heterocycles. The fourth-order valence-electron chi connectivity index (χ4n) is 3.34. The van der Waals surface area contributed by atoms with Gasteiger partial charge in [0.15, 0.2) is 0 Å². The van der Waals surface area contributed by atoms with Crippen LogP contribution in [0.5, 0.6) is 0 Å². The van der Waals surface area contributed by atoms with Gasteiger partial charge in [0.05, 0.1) is 6.04 Å². The van der Waals surface area contributed by atoms with Crippen molar-refractivity contribution in [2.75, 3.05) is 31.1 Å². The van der Waals surface area contributed by atoms with Gasteiger partial charge in [-0.3, -0.25) is 9.69 Å². The van der Waals surface area contributed by atoms with Crippen LogP contribution < -0.4 is 10.2 Å². The Morgan fingerprint density at radius 2 is 1.81 bits per heavy atom. The van der Waals surface area contributed by atoms with Gasteiger partial charge in [-0.15, -0.1) is 0 Å². The number of hydrogen-bond donors (Lipinski definition) is 1. The van der Waals surface area contributed by atoms with Crippen LogP contribution in [0.3, 0.4) is 0 Å². The molecule has 1 aliphatic rings. The minimum atomic E-state index is -0.118. The normalized spacial score (nSPS) is 16.3. The summed E-state index contributed by atoms with van der Waals surface area (Å²) in [7, 11) is 0. The Morgan fingerprint density at radius 3 is 2.46 bits per heavy atom. The molecule has 0 radical (unpaired) electrons. The number of aryl methyl sites for hydroxylation is 1. The molecule has 3 rings (SSSR count). The van der Waals surface area contributed by atoms with Crippen molar-refractivity contribution in [3.8, 4) is 0 Å². The molecule has 1 N–H and O–H groups in total. The number of rotatable bonds is 5. The predicted octanol–water partition coefficient (Wildman–Crippen LogP) is 3.48. The highest BCUT2D eigenvalue weighted by Gasteiger charge is 2.25. The standard InChI is InChI=1S/C21H26ClN3O/c1-16-4-3-5-18(14-16)15-23-21(26)17(2)24-10-12-25(13-11-24)20-8-6-19(22)7-9-20/h3-9,14,17H,10-13,15H2,1-2H3,(H,23,26)/t17-/m0/s1. The molecule has 26 heavy (non-hydrogen) atoms. The summed E-state index contributed by atoms with van der Waals surface area (Å²) in [6.07, 6.45) is 0. The highest BCUT2D eigenvalue weighted by molar-refractivity contribution is 6.30. The SMILES string of the molecule is Cc1cccc(CNC(=O)[C@H](C)N2CCN(c3ccc(Cl)cc3)CC2)c1. The van der Waals surface area contributed by atoms with Crippen LogP contribution in [-0.2, 0) is 11.3 Å². The number of carbonyl (C=O) groups is 1. The van der Waals surface area contributed by atoms with Crippen LogP contribution in [0.2, 0.25) is 5.02 Å². The Balaban J connectivity index is 1.48. The van der Waals surface area contributed by atoms with E-state index in [-0.39, 0.29) is 11.9 Å². The Kier molecular flexibility index (Phi) is 6.17. The molecule has 0 aliphatic carbocycles. The van der Waals surface area contributed by atoms with Crippen LogP contribution >= 0.6 is 11.6 Å². The molecule has 138 valence electrons. The number of piperazine rings is 1. The third-order valence-electron chi connectivity index (χ3n) is 4.98. The van der Waals surface area contributed by atoms with E-state index >= 15 is 0 Å². The zero-order valence-electron chi connectivity index (χ0n) is 15.4. The monoisotopic (exact) mass is 371 g/mol. The number of anilines is 1. The van der Waals surface area contributed by atoms with Gasteiger partial charge < -0.3 is 10.2 Å². The summed E-state index contributed by atoms with van der Waals surface area (Å²) < 4.78 is 0. The summed E-state index contributed by atoms with van der Waals surface area (Å²) in [5, 5.41) is 3.82. The number of halogens is 1. The average molecular weight is 372 g/mol. The van der Waals surface area contributed by atoms with Gasteiger partial charge in [0.25, 0.3) is 0 Å². The molecule has 0 aromatic heterocycles. The summed E-state index contributed by atoms with van der Waals surface area (Å²) in [6, 6.07) is 16.1. The molecule has 1 heterocycles. The van der Waals surface area contributed by atoms with Crippen molar-refractivity contribution in [1.29, 1.82) is 0 Å². The second kappa shape index (κ2) is 8.56. The smallest absolute Gasteiger partial charge is 0.237 e. The van der Waals surface area contributed by atoms with Gasteiger partial charge in [-0.1, -0.05) is 41.4 Å². The van der Waals surface area contributed by atoms with Gasteiger partial charge >= 0.3 is 0 Å². The van der Waals surface area contributed by atoms with Gasteiger partial charge in [-0.25, -0.2) is 0 Å².